The highest BCUT2D eigenvalue weighted by molar-refractivity contribution is 9.10. The molecule has 2 N–H and O–H groups in total. The van der Waals surface area contributed by atoms with Gasteiger partial charge in [0.15, 0.2) is 0 Å². The summed E-state index contributed by atoms with van der Waals surface area (Å²) in [6, 6.07) is 1.65. The van der Waals surface area contributed by atoms with Crippen LogP contribution in [-0.4, -0.2) is 4.92 Å². The number of nitrogen functional groups attached to an aromatic ring is 1. The number of hydrogen-bond donors (Lipinski definition) is 1. The molecule has 0 saturated heterocycles. The zero-order chi connectivity index (χ0) is 10.2. The summed E-state index contributed by atoms with van der Waals surface area (Å²) >= 11 is 3.14. The van der Waals surface area contributed by atoms with Gasteiger partial charge in [0, 0.05) is 5.69 Å². The Balaban J connectivity index is 3.53. The van der Waals surface area contributed by atoms with Crippen molar-refractivity contribution in [1.29, 1.82) is 0 Å². The van der Waals surface area contributed by atoms with Crippen molar-refractivity contribution in [2.75, 3.05) is 5.73 Å². The monoisotopic (exact) mass is 244 g/mol. The SMILES string of the molecule is Cc1cc(Br)c([N+](=O)[O-])c(C)c1N. The van der Waals surface area contributed by atoms with Crippen molar-refractivity contribution in [3.05, 3.63) is 31.8 Å². The quantitative estimate of drug-likeness (QED) is 0.469. The largest absolute Gasteiger partial charge is 0.398 e. The van der Waals surface area contributed by atoms with E-state index in [4.69, 9.17) is 5.73 Å². The Morgan fingerprint density at radius 2 is 2.08 bits per heavy atom. The molecule has 0 saturated carbocycles. The zero-order valence-electron chi connectivity index (χ0n) is 7.30. The maximum atomic E-state index is 10.6. The van der Waals surface area contributed by atoms with Gasteiger partial charge in [-0.3, -0.25) is 10.1 Å². The predicted octanol–water partition coefficient (Wildman–Crippen LogP) is 2.56. The summed E-state index contributed by atoms with van der Waals surface area (Å²) in [4.78, 5) is 10.2. The van der Waals surface area contributed by atoms with E-state index in [-0.39, 0.29) is 5.69 Å². The van der Waals surface area contributed by atoms with E-state index >= 15 is 0 Å². The van der Waals surface area contributed by atoms with Crippen LogP contribution in [0.15, 0.2) is 10.5 Å². The summed E-state index contributed by atoms with van der Waals surface area (Å²) in [6.07, 6.45) is 0. The molecule has 0 fully saturated rings. The Morgan fingerprint density at radius 1 is 1.54 bits per heavy atom. The van der Waals surface area contributed by atoms with Gasteiger partial charge in [0.25, 0.3) is 5.69 Å². The average molecular weight is 245 g/mol. The lowest BCUT2D eigenvalue weighted by molar-refractivity contribution is -0.386. The predicted molar refractivity (Wildman–Crippen MR) is 54.7 cm³/mol. The fourth-order valence-corrected chi connectivity index (χ4v) is 1.95. The lowest BCUT2D eigenvalue weighted by Gasteiger charge is -2.06. The van der Waals surface area contributed by atoms with Crippen molar-refractivity contribution >= 4 is 27.3 Å². The van der Waals surface area contributed by atoms with Gasteiger partial charge in [-0.1, -0.05) is 0 Å². The first-order chi connectivity index (χ1) is 5.95. The molecule has 0 spiro atoms. The molecule has 0 unspecified atom stereocenters. The molecule has 1 aromatic rings. The fraction of sp³-hybridized carbons (Fsp3) is 0.250. The molecule has 0 heterocycles. The maximum Gasteiger partial charge on any atom is 0.288 e. The Morgan fingerprint density at radius 3 is 2.54 bits per heavy atom. The van der Waals surface area contributed by atoms with Crippen LogP contribution in [0, 0.1) is 24.0 Å². The molecule has 1 aromatic carbocycles. The first kappa shape index (κ1) is 9.98. The summed E-state index contributed by atoms with van der Waals surface area (Å²) < 4.78 is 0.474. The van der Waals surface area contributed by atoms with Gasteiger partial charge >= 0.3 is 0 Å². The van der Waals surface area contributed by atoms with Crippen molar-refractivity contribution in [3.63, 3.8) is 0 Å². The molecule has 0 aliphatic heterocycles. The molecule has 0 aliphatic rings. The number of benzene rings is 1. The first-order valence-electron chi connectivity index (χ1n) is 3.64. The van der Waals surface area contributed by atoms with Crippen LogP contribution >= 0.6 is 15.9 Å². The van der Waals surface area contributed by atoms with E-state index in [1.165, 1.54) is 0 Å². The summed E-state index contributed by atoms with van der Waals surface area (Å²) in [5, 5.41) is 10.6. The third-order valence-corrected chi connectivity index (χ3v) is 2.54. The van der Waals surface area contributed by atoms with E-state index in [9.17, 15) is 10.1 Å². The number of hydrogen-bond acceptors (Lipinski definition) is 3. The Labute approximate surface area is 84.0 Å². The first-order valence-corrected chi connectivity index (χ1v) is 4.44. The summed E-state index contributed by atoms with van der Waals surface area (Å²) in [7, 11) is 0. The molecular weight excluding hydrogens is 236 g/mol. The topological polar surface area (TPSA) is 69.2 Å². The lowest BCUT2D eigenvalue weighted by Crippen LogP contribution is -2.00. The molecule has 1 rings (SSSR count). The van der Waals surface area contributed by atoms with Gasteiger partial charge in [0.05, 0.1) is 15.0 Å². The van der Waals surface area contributed by atoms with Gasteiger partial charge in [-0.15, -0.1) is 0 Å². The van der Waals surface area contributed by atoms with Crippen LogP contribution in [0.25, 0.3) is 0 Å². The molecule has 0 amide bonds. The third kappa shape index (κ3) is 1.65. The molecule has 13 heavy (non-hydrogen) atoms. The molecule has 0 aromatic heterocycles. The molecule has 0 radical (unpaired) electrons. The van der Waals surface area contributed by atoms with Crippen molar-refractivity contribution in [2.24, 2.45) is 0 Å². The standard InChI is InChI=1S/C8H9BrN2O2/c1-4-3-6(9)8(11(12)13)5(2)7(4)10/h3H,10H2,1-2H3. The highest BCUT2D eigenvalue weighted by atomic mass is 79.9. The second-order valence-electron chi connectivity index (χ2n) is 2.82. The Bertz CT molecular complexity index is 377. The second kappa shape index (κ2) is 3.33. The number of nitro groups is 1. The van der Waals surface area contributed by atoms with Crippen molar-refractivity contribution in [3.8, 4) is 0 Å². The van der Waals surface area contributed by atoms with Gasteiger partial charge in [-0.25, -0.2) is 0 Å². The van der Waals surface area contributed by atoms with Gasteiger partial charge < -0.3 is 5.73 Å². The van der Waals surface area contributed by atoms with Gasteiger partial charge in [0.2, 0.25) is 0 Å². The molecule has 0 atom stereocenters. The second-order valence-corrected chi connectivity index (χ2v) is 3.67. The molecule has 5 heteroatoms. The lowest BCUT2D eigenvalue weighted by atomic mass is 10.1. The van der Waals surface area contributed by atoms with Crippen LogP contribution in [0.1, 0.15) is 11.1 Å². The number of rotatable bonds is 1. The minimum absolute atomic E-state index is 0.0445. The number of nitro benzene ring substituents is 1. The van der Waals surface area contributed by atoms with Crippen molar-refractivity contribution in [2.45, 2.75) is 13.8 Å². The summed E-state index contributed by atoms with van der Waals surface area (Å²) in [5.74, 6) is 0. The molecule has 70 valence electrons. The minimum Gasteiger partial charge on any atom is -0.398 e. The minimum atomic E-state index is -0.435. The molecule has 0 bridgehead atoms. The third-order valence-electron chi connectivity index (χ3n) is 1.94. The fourth-order valence-electron chi connectivity index (χ4n) is 1.16. The van der Waals surface area contributed by atoms with E-state index in [0.717, 1.165) is 5.56 Å². The summed E-state index contributed by atoms with van der Waals surface area (Å²) in [6.45, 7) is 3.46. The Hall–Kier alpha value is -1.10. The van der Waals surface area contributed by atoms with Crippen LogP contribution in [0.3, 0.4) is 0 Å². The zero-order valence-corrected chi connectivity index (χ0v) is 8.88. The van der Waals surface area contributed by atoms with E-state index in [0.29, 0.717) is 15.7 Å². The number of halogens is 1. The van der Waals surface area contributed by atoms with Crippen LogP contribution in [0.2, 0.25) is 0 Å². The van der Waals surface area contributed by atoms with Gasteiger partial charge in [0.1, 0.15) is 0 Å². The Kier molecular flexibility index (Phi) is 2.56. The number of aryl methyl sites for hydroxylation is 1. The number of anilines is 1. The normalized spacial score (nSPS) is 10.1. The van der Waals surface area contributed by atoms with Crippen LogP contribution in [0.4, 0.5) is 11.4 Å². The van der Waals surface area contributed by atoms with E-state index in [1.807, 2.05) is 6.92 Å². The number of nitrogens with zero attached hydrogens (tertiary/aromatic N) is 1. The molecule has 4 nitrogen and oxygen atoms in total. The van der Waals surface area contributed by atoms with E-state index in [2.05, 4.69) is 15.9 Å². The van der Waals surface area contributed by atoms with Crippen LogP contribution in [0.5, 0.6) is 0 Å². The molecule has 0 aliphatic carbocycles. The van der Waals surface area contributed by atoms with Gasteiger partial charge in [-0.05, 0) is 41.4 Å². The average Bonchev–Trinajstić information content (AvgIpc) is 1.99. The van der Waals surface area contributed by atoms with Gasteiger partial charge in [-0.2, -0.15) is 0 Å². The van der Waals surface area contributed by atoms with Crippen LogP contribution in [-0.2, 0) is 0 Å². The van der Waals surface area contributed by atoms with Crippen molar-refractivity contribution < 1.29 is 4.92 Å². The van der Waals surface area contributed by atoms with E-state index in [1.54, 1.807) is 13.0 Å². The highest BCUT2D eigenvalue weighted by Crippen LogP contribution is 2.34. The molecular formula is C8H9BrN2O2. The van der Waals surface area contributed by atoms with Crippen LogP contribution < -0.4 is 5.73 Å². The maximum absolute atomic E-state index is 10.6. The highest BCUT2D eigenvalue weighted by Gasteiger charge is 2.18. The van der Waals surface area contributed by atoms with E-state index < -0.39 is 4.92 Å². The summed E-state index contributed by atoms with van der Waals surface area (Å²) in [5.41, 5.74) is 7.54. The number of nitrogens with two attached hydrogens (primary N) is 1. The smallest absolute Gasteiger partial charge is 0.288 e. The van der Waals surface area contributed by atoms with Crippen molar-refractivity contribution in [1.82, 2.24) is 0 Å².